The molecule has 0 spiro atoms. The molecule has 0 atom stereocenters. The summed E-state index contributed by atoms with van der Waals surface area (Å²) in [6.07, 6.45) is 0. The summed E-state index contributed by atoms with van der Waals surface area (Å²) in [5, 5.41) is 9.19. The summed E-state index contributed by atoms with van der Waals surface area (Å²) < 4.78 is 14.4. The molecule has 0 unspecified atom stereocenters. The number of hydrogen-bond donors (Lipinski definition) is 2. The molecule has 0 radical (unpaired) electrons. The summed E-state index contributed by atoms with van der Waals surface area (Å²) in [5.41, 5.74) is 1.76. The molecule has 1 aromatic carbocycles. The van der Waals surface area contributed by atoms with Crippen LogP contribution in [0.2, 0.25) is 0 Å². The van der Waals surface area contributed by atoms with Crippen LogP contribution < -0.4 is 10.6 Å². The van der Waals surface area contributed by atoms with Crippen molar-refractivity contribution in [1.29, 1.82) is 0 Å². The summed E-state index contributed by atoms with van der Waals surface area (Å²) in [7, 11) is 1.66. The van der Waals surface area contributed by atoms with E-state index in [1.165, 1.54) is 16.8 Å². The molecule has 2 aromatic rings. The summed E-state index contributed by atoms with van der Waals surface area (Å²) in [4.78, 5) is 23.6. The minimum atomic E-state index is -0.371. The SMILES string of the molecule is Cc1cc(C(=O)NCC(=O)NCc2cccc(F)c2)n(C)n1. The zero-order valence-electron chi connectivity index (χ0n) is 12.4. The van der Waals surface area contributed by atoms with Crippen molar-refractivity contribution in [2.45, 2.75) is 13.5 Å². The molecule has 0 bridgehead atoms. The van der Waals surface area contributed by atoms with Crippen LogP contribution in [-0.2, 0) is 18.4 Å². The fourth-order valence-corrected chi connectivity index (χ4v) is 1.98. The molecular weight excluding hydrogens is 287 g/mol. The molecule has 1 heterocycles. The van der Waals surface area contributed by atoms with Gasteiger partial charge in [-0.1, -0.05) is 12.1 Å². The van der Waals surface area contributed by atoms with Crippen LogP contribution in [0.3, 0.4) is 0 Å². The smallest absolute Gasteiger partial charge is 0.269 e. The molecule has 6 nitrogen and oxygen atoms in total. The molecule has 22 heavy (non-hydrogen) atoms. The fraction of sp³-hybridized carbons (Fsp3) is 0.267. The normalized spacial score (nSPS) is 10.3. The first kappa shape index (κ1) is 15.7. The van der Waals surface area contributed by atoms with E-state index in [4.69, 9.17) is 0 Å². The van der Waals surface area contributed by atoms with Gasteiger partial charge in [0.25, 0.3) is 5.91 Å². The summed E-state index contributed by atoms with van der Waals surface area (Å²) in [5.74, 6) is -1.08. The lowest BCUT2D eigenvalue weighted by Gasteiger charge is -2.07. The van der Waals surface area contributed by atoms with Gasteiger partial charge in [0, 0.05) is 13.6 Å². The van der Waals surface area contributed by atoms with Crippen LogP contribution in [0.25, 0.3) is 0 Å². The van der Waals surface area contributed by atoms with Crippen LogP contribution in [0.5, 0.6) is 0 Å². The third-order valence-corrected chi connectivity index (χ3v) is 3.02. The minimum Gasteiger partial charge on any atom is -0.350 e. The van der Waals surface area contributed by atoms with Crippen molar-refractivity contribution >= 4 is 11.8 Å². The number of carbonyl (C=O) groups excluding carboxylic acids is 2. The van der Waals surface area contributed by atoms with Gasteiger partial charge in [0.1, 0.15) is 11.5 Å². The third-order valence-electron chi connectivity index (χ3n) is 3.02. The van der Waals surface area contributed by atoms with Crippen LogP contribution in [0.15, 0.2) is 30.3 Å². The highest BCUT2D eigenvalue weighted by molar-refractivity contribution is 5.95. The van der Waals surface area contributed by atoms with Crippen molar-refractivity contribution in [3.05, 3.63) is 53.1 Å². The van der Waals surface area contributed by atoms with Crippen molar-refractivity contribution in [2.24, 2.45) is 7.05 Å². The number of nitrogens with zero attached hydrogens (tertiary/aromatic N) is 2. The lowest BCUT2D eigenvalue weighted by Crippen LogP contribution is -2.37. The lowest BCUT2D eigenvalue weighted by molar-refractivity contribution is -0.120. The van der Waals surface area contributed by atoms with Crippen molar-refractivity contribution in [2.75, 3.05) is 6.54 Å². The highest BCUT2D eigenvalue weighted by Gasteiger charge is 2.12. The quantitative estimate of drug-likeness (QED) is 0.862. The Labute approximate surface area is 127 Å². The first-order chi connectivity index (χ1) is 10.5. The first-order valence-corrected chi connectivity index (χ1v) is 6.75. The number of rotatable bonds is 5. The largest absolute Gasteiger partial charge is 0.350 e. The molecule has 2 N–H and O–H groups in total. The van der Waals surface area contributed by atoms with E-state index >= 15 is 0 Å². The fourth-order valence-electron chi connectivity index (χ4n) is 1.98. The predicted molar refractivity (Wildman–Crippen MR) is 78.5 cm³/mol. The van der Waals surface area contributed by atoms with Gasteiger partial charge in [-0.15, -0.1) is 0 Å². The van der Waals surface area contributed by atoms with E-state index in [-0.39, 0.29) is 30.7 Å². The molecule has 7 heteroatoms. The number of aromatic nitrogens is 2. The maximum atomic E-state index is 13.0. The van der Waals surface area contributed by atoms with Gasteiger partial charge in [0.2, 0.25) is 5.91 Å². The Morgan fingerprint density at radius 3 is 2.68 bits per heavy atom. The Bertz CT molecular complexity index is 697. The summed E-state index contributed by atoms with van der Waals surface area (Å²) >= 11 is 0. The van der Waals surface area contributed by atoms with E-state index in [1.54, 1.807) is 32.2 Å². The molecule has 0 aliphatic heterocycles. The van der Waals surface area contributed by atoms with Gasteiger partial charge < -0.3 is 10.6 Å². The Balaban J connectivity index is 1.80. The topological polar surface area (TPSA) is 76.0 Å². The number of nitrogens with one attached hydrogen (secondary N) is 2. The summed E-state index contributed by atoms with van der Waals surface area (Å²) in [6, 6.07) is 7.60. The maximum absolute atomic E-state index is 13.0. The second-order valence-electron chi connectivity index (χ2n) is 4.88. The molecular formula is C15H17FN4O2. The van der Waals surface area contributed by atoms with Gasteiger partial charge in [-0.2, -0.15) is 5.10 Å². The second-order valence-corrected chi connectivity index (χ2v) is 4.88. The van der Waals surface area contributed by atoms with E-state index in [0.717, 1.165) is 5.69 Å². The standard InChI is InChI=1S/C15H17FN4O2/c1-10-6-13(20(2)19-10)15(22)18-9-14(21)17-8-11-4-3-5-12(16)7-11/h3-7H,8-9H2,1-2H3,(H,17,21)(H,18,22). The van der Waals surface area contributed by atoms with Crippen molar-refractivity contribution < 1.29 is 14.0 Å². The number of benzene rings is 1. The average Bonchev–Trinajstić information content (AvgIpc) is 2.81. The van der Waals surface area contributed by atoms with E-state index < -0.39 is 0 Å². The summed E-state index contributed by atoms with van der Waals surface area (Å²) in [6.45, 7) is 1.83. The lowest BCUT2D eigenvalue weighted by atomic mass is 10.2. The van der Waals surface area contributed by atoms with Crippen LogP contribution in [0, 0.1) is 12.7 Å². The maximum Gasteiger partial charge on any atom is 0.269 e. The molecule has 116 valence electrons. The molecule has 0 saturated carbocycles. The zero-order valence-corrected chi connectivity index (χ0v) is 12.4. The number of halogens is 1. The highest BCUT2D eigenvalue weighted by Crippen LogP contribution is 2.03. The van der Waals surface area contributed by atoms with Gasteiger partial charge in [-0.05, 0) is 30.7 Å². The molecule has 0 aliphatic rings. The Morgan fingerprint density at radius 2 is 2.05 bits per heavy atom. The van der Waals surface area contributed by atoms with E-state index in [2.05, 4.69) is 15.7 Å². The Kier molecular flexibility index (Phi) is 4.88. The van der Waals surface area contributed by atoms with Crippen molar-refractivity contribution in [3.8, 4) is 0 Å². The van der Waals surface area contributed by atoms with Crippen LogP contribution >= 0.6 is 0 Å². The van der Waals surface area contributed by atoms with Crippen molar-refractivity contribution in [1.82, 2.24) is 20.4 Å². The average molecular weight is 304 g/mol. The molecule has 1 aromatic heterocycles. The third kappa shape index (κ3) is 4.15. The van der Waals surface area contributed by atoms with Gasteiger partial charge >= 0.3 is 0 Å². The van der Waals surface area contributed by atoms with E-state index in [1.807, 2.05) is 0 Å². The number of carbonyl (C=O) groups is 2. The highest BCUT2D eigenvalue weighted by atomic mass is 19.1. The predicted octanol–water partition coefficient (Wildman–Crippen LogP) is 0.914. The van der Waals surface area contributed by atoms with Gasteiger partial charge in [0.05, 0.1) is 12.2 Å². The molecule has 0 aliphatic carbocycles. The number of hydrogen-bond acceptors (Lipinski definition) is 3. The molecule has 0 fully saturated rings. The van der Waals surface area contributed by atoms with E-state index in [9.17, 15) is 14.0 Å². The van der Waals surface area contributed by atoms with Gasteiger partial charge in [0.15, 0.2) is 0 Å². The Morgan fingerprint density at radius 1 is 1.27 bits per heavy atom. The second kappa shape index (κ2) is 6.84. The monoisotopic (exact) mass is 304 g/mol. The zero-order chi connectivity index (χ0) is 16.1. The Hall–Kier alpha value is -2.70. The van der Waals surface area contributed by atoms with Gasteiger partial charge in [-0.3, -0.25) is 14.3 Å². The molecule has 0 saturated heterocycles. The number of amides is 2. The first-order valence-electron chi connectivity index (χ1n) is 6.75. The van der Waals surface area contributed by atoms with Gasteiger partial charge in [-0.25, -0.2) is 4.39 Å². The van der Waals surface area contributed by atoms with Crippen LogP contribution in [0.1, 0.15) is 21.7 Å². The van der Waals surface area contributed by atoms with E-state index in [0.29, 0.717) is 11.3 Å². The number of aryl methyl sites for hydroxylation is 2. The van der Waals surface area contributed by atoms with Crippen molar-refractivity contribution in [3.63, 3.8) is 0 Å². The molecule has 2 amide bonds. The van der Waals surface area contributed by atoms with Crippen LogP contribution in [-0.4, -0.2) is 28.1 Å². The minimum absolute atomic E-state index is 0.154. The van der Waals surface area contributed by atoms with Crippen LogP contribution in [0.4, 0.5) is 4.39 Å². The molecule has 2 rings (SSSR count).